The Labute approximate surface area is 259 Å². The molecule has 14 heteroatoms. The van der Waals surface area contributed by atoms with E-state index in [1.807, 2.05) is 32.9 Å². The number of carbonyl (C=O) groups excluding carboxylic acids is 1. The van der Waals surface area contributed by atoms with E-state index in [0.717, 1.165) is 0 Å². The van der Waals surface area contributed by atoms with Gasteiger partial charge < -0.3 is 24.4 Å². The zero-order valence-electron chi connectivity index (χ0n) is 25.7. The van der Waals surface area contributed by atoms with Crippen molar-refractivity contribution in [2.45, 2.75) is 39.3 Å². The molecule has 0 radical (unpaired) electrons. The number of fused-ring (bicyclic) bond motifs is 2. The van der Waals surface area contributed by atoms with E-state index in [9.17, 15) is 4.79 Å². The molecule has 1 amide bonds. The highest BCUT2D eigenvalue weighted by Crippen LogP contribution is 2.33. The maximum absolute atomic E-state index is 15.6. The molecule has 1 aliphatic heterocycles. The summed E-state index contributed by atoms with van der Waals surface area (Å²) in [6.07, 6.45) is 4.20. The van der Waals surface area contributed by atoms with Crippen LogP contribution in [0.5, 0.6) is 11.5 Å². The van der Waals surface area contributed by atoms with Crippen LogP contribution < -0.4 is 15.0 Å². The molecule has 1 aliphatic rings. The van der Waals surface area contributed by atoms with Gasteiger partial charge >= 0.3 is 6.09 Å². The summed E-state index contributed by atoms with van der Waals surface area (Å²) < 4.78 is 34.3. The maximum atomic E-state index is 15.6. The van der Waals surface area contributed by atoms with E-state index in [1.165, 1.54) is 12.7 Å². The van der Waals surface area contributed by atoms with Crippen molar-refractivity contribution < 1.29 is 23.4 Å². The Morgan fingerprint density at radius 1 is 1.09 bits per heavy atom. The topological polar surface area (TPSA) is 132 Å². The second-order valence-corrected chi connectivity index (χ2v) is 11.7. The van der Waals surface area contributed by atoms with E-state index in [-0.39, 0.29) is 17.8 Å². The number of piperazine rings is 1. The number of anilines is 3. The molecule has 13 nitrogen and oxygen atoms in total. The lowest BCUT2D eigenvalue weighted by Gasteiger charge is -2.41. The molecule has 5 aromatic rings. The van der Waals surface area contributed by atoms with Gasteiger partial charge in [-0.3, -0.25) is 4.90 Å². The number of methoxy groups -OCH3 is 1. The van der Waals surface area contributed by atoms with Gasteiger partial charge in [-0.1, -0.05) is 0 Å². The average Bonchev–Trinajstić information content (AvgIpc) is 3.48. The molecule has 0 aliphatic carbocycles. The van der Waals surface area contributed by atoms with Crippen molar-refractivity contribution in [2.75, 3.05) is 43.6 Å². The smallest absolute Gasteiger partial charge is 0.410 e. The minimum atomic E-state index is -0.603. The second kappa shape index (κ2) is 12.1. The molecule has 6 rings (SSSR count). The van der Waals surface area contributed by atoms with Crippen molar-refractivity contribution in [3.8, 4) is 11.5 Å². The Kier molecular flexibility index (Phi) is 8.06. The number of ether oxygens (including phenoxy) is 3. The van der Waals surface area contributed by atoms with E-state index in [0.29, 0.717) is 71.6 Å². The predicted molar refractivity (Wildman–Crippen MR) is 166 cm³/mol. The number of benzene rings is 1. The molecule has 0 bridgehead atoms. The Morgan fingerprint density at radius 3 is 2.73 bits per heavy atom. The molecule has 1 saturated heterocycles. The first kappa shape index (κ1) is 29.9. The van der Waals surface area contributed by atoms with Crippen LogP contribution in [0.15, 0.2) is 55.2 Å². The van der Waals surface area contributed by atoms with Gasteiger partial charge in [0, 0.05) is 44.6 Å². The lowest BCUT2D eigenvalue weighted by molar-refractivity contribution is 0.00338. The van der Waals surface area contributed by atoms with Crippen molar-refractivity contribution in [1.29, 1.82) is 0 Å². The third kappa shape index (κ3) is 6.41. The highest BCUT2D eigenvalue weighted by atomic mass is 19.1. The van der Waals surface area contributed by atoms with E-state index >= 15 is 4.39 Å². The van der Waals surface area contributed by atoms with Crippen LogP contribution in [0.4, 0.5) is 26.5 Å². The summed E-state index contributed by atoms with van der Waals surface area (Å²) in [4.78, 5) is 34.4. The molecule has 0 unspecified atom stereocenters. The number of carbonyl (C=O) groups is 1. The van der Waals surface area contributed by atoms with Gasteiger partial charge in [0.25, 0.3) is 0 Å². The largest absolute Gasteiger partial charge is 0.457 e. The first-order valence-electron chi connectivity index (χ1n) is 14.5. The highest BCUT2D eigenvalue weighted by Gasteiger charge is 2.34. The fraction of sp³-hybridized carbons (Fsp3) is 0.355. The van der Waals surface area contributed by atoms with Gasteiger partial charge in [0.05, 0.1) is 23.9 Å². The minimum Gasteiger partial charge on any atom is -0.457 e. The van der Waals surface area contributed by atoms with Crippen molar-refractivity contribution in [1.82, 2.24) is 34.4 Å². The summed E-state index contributed by atoms with van der Waals surface area (Å²) >= 11 is 0. The molecular formula is C31H34FN9O4. The van der Waals surface area contributed by atoms with E-state index < -0.39 is 11.4 Å². The lowest BCUT2D eigenvalue weighted by Crippen LogP contribution is -2.58. The van der Waals surface area contributed by atoms with Crippen LogP contribution in [0.2, 0.25) is 0 Å². The predicted octanol–water partition coefficient (Wildman–Crippen LogP) is 5.12. The summed E-state index contributed by atoms with van der Waals surface area (Å²) in [7, 11) is 1.60. The van der Waals surface area contributed by atoms with Crippen LogP contribution in [0, 0.1) is 12.7 Å². The lowest BCUT2D eigenvalue weighted by atomic mass is 10.1. The van der Waals surface area contributed by atoms with Gasteiger partial charge in [-0.2, -0.15) is 5.10 Å². The van der Waals surface area contributed by atoms with Crippen LogP contribution in [0.3, 0.4) is 0 Å². The van der Waals surface area contributed by atoms with E-state index in [1.54, 1.807) is 53.9 Å². The van der Waals surface area contributed by atoms with Crippen molar-refractivity contribution in [3.05, 3.63) is 66.6 Å². The number of hydrogen-bond donors (Lipinski definition) is 1. The molecule has 0 spiro atoms. The molecule has 1 aromatic carbocycles. The Hall–Kier alpha value is -5.11. The molecule has 0 saturated carbocycles. The number of aromatic nitrogens is 6. The minimum absolute atomic E-state index is 0.214. The average molecular weight is 616 g/mol. The first-order valence-corrected chi connectivity index (χ1v) is 14.5. The fourth-order valence-electron chi connectivity index (χ4n) is 5.15. The van der Waals surface area contributed by atoms with Gasteiger partial charge in [-0.05, 0) is 58.0 Å². The van der Waals surface area contributed by atoms with Gasteiger partial charge in [0.2, 0.25) is 0 Å². The molecule has 45 heavy (non-hydrogen) atoms. The molecule has 1 atom stereocenters. The number of amides is 1. The van der Waals surface area contributed by atoms with Crippen LogP contribution in [-0.2, 0) is 9.47 Å². The summed E-state index contributed by atoms with van der Waals surface area (Å²) in [6, 6.07) is 10.2. The zero-order chi connectivity index (χ0) is 31.7. The zero-order valence-corrected chi connectivity index (χ0v) is 25.7. The molecule has 4 aromatic heterocycles. The number of hydrogen-bond acceptors (Lipinski definition) is 11. The fourth-order valence-corrected chi connectivity index (χ4v) is 5.15. The summed E-state index contributed by atoms with van der Waals surface area (Å²) in [5, 5.41) is 7.17. The first-order chi connectivity index (χ1) is 21.6. The van der Waals surface area contributed by atoms with Gasteiger partial charge in [-0.25, -0.2) is 33.6 Å². The number of halogens is 1. The summed E-state index contributed by atoms with van der Waals surface area (Å²) in [5.74, 6) is 1.42. The van der Waals surface area contributed by atoms with Crippen LogP contribution >= 0.6 is 0 Å². The van der Waals surface area contributed by atoms with Crippen molar-refractivity contribution in [2.24, 2.45) is 0 Å². The summed E-state index contributed by atoms with van der Waals surface area (Å²) in [6.45, 7) is 8.97. The van der Waals surface area contributed by atoms with E-state index in [4.69, 9.17) is 19.2 Å². The molecular weight excluding hydrogens is 581 g/mol. The maximum Gasteiger partial charge on any atom is 0.410 e. The normalized spacial score (nSPS) is 15.5. The van der Waals surface area contributed by atoms with Gasteiger partial charge in [0.1, 0.15) is 41.1 Å². The van der Waals surface area contributed by atoms with Crippen molar-refractivity contribution >= 4 is 40.1 Å². The van der Waals surface area contributed by atoms with E-state index in [2.05, 4.69) is 30.3 Å². The van der Waals surface area contributed by atoms with Crippen molar-refractivity contribution in [3.63, 3.8) is 0 Å². The third-order valence-corrected chi connectivity index (χ3v) is 7.33. The van der Waals surface area contributed by atoms with Crippen LogP contribution in [-0.4, -0.2) is 85.5 Å². The number of nitrogens with one attached hydrogen (secondary N) is 1. The Balaban J connectivity index is 1.22. The number of rotatable bonds is 7. The third-order valence-electron chi connectivity index (χ3n) is 7.33. The second-order valence-electron chi connectivity index (χ2n) is 11.7. The molecule has 5 heterocycles. The van der Waals surface area contributed by atoms with Gasteiger partial charge in [-0.15, -0.1) is 0 Å². The Bertz CT molecular complexity index is 1860. The molecule has 234 valence electrons. The quantitative estimate of drug-likeness (QED) is 0.262. The SMILES string of the molecule is COC[C@H]1CN(c2ccc3ncnc(Nc4ccc(Oc5ccn6ncnc6c5)c(C)c4F)c3n2)CCN1C(=O)OC(C)(C)C. The van der Waals surface area contributed by atoms with Crippen LogP contribution in [0.25, 0.3) is 16.7 Å². The summed E-state index contributed by atoms with van der Waals surface area (Å²) in [5.41, 5.74) is 1.62. The monoisotopic (exact) mass is 615 g/mol. The van der Waals surface area contributed by atoms with Crippen LogP contribution in [0.1, 0.15) is 26.3 Å². The Morgan fingerprint density at radius 2 is 1.93 bits per heavy atom. The molecule has 1 fully saturated rings. The number of pyridine rings is 2. The molecule has 1 N–H and O–H groups in total. The van der Waals surface area contributed by atoms with Gasteiger partial charge in [0.15, 0.2) is 17.3 Å². The highest BCUT2D eigenvalue weighted by molar-refractivity contribution is 5.88. The number of nitrogens with zero attached hydrogens (tertiary/aromatic N) is 8. The standard InChI is InChI=1S/C31H34FN9O4/c1-19-24(44-21-10-11-41-26(14-21)34-18-36-41)8-6-22(27(19)32)37-29-28-23(33-17-35-29)7-9-25(38-28)39-12-13-40(20(15-39)16-43-5)30(42)45-31(2,3)4/h6-11,14,17-18,20H,12-13,15-16H2,1-5H3,(H,33,35,37)/t20-/m1/s1.